The van der Waals surface area contributed by atoms with Gasteiger partial charge in [-0.15, -0.1) is 0 Å². The Morgan fingerprint density at radius 2 is 1.46 bits per heavy atom. The highest BCUT2D eigenvalue weighted by Crippen LogP contribution is 2.40. The number of nitrogens with one attached hydrogen (secondary N) is 1. The molecule has 2 aliphatic carbocycles. The molecule has 0 atom stereocenters. The first-order valence-corrected chi connectivity index (χ1v) is 14.7. The summed E-state index contributed by atoms with van der Waals surface area (Å²) < 4.78 is 5.83. The number of carbonyl (C=O) groups excluding carboxylic acids is 4. The molecule has 9 nitrogen and oxygen atoms in total. The summed E-state index contributed by atoms with van der Waals surface area (Å²) in [5, 5.41) is 0.240. The fourth-order valence-corrected chi connectivity index (χ4v) is 6.28. The molecule has 8 rings (SSSR count). The third-order valence-electron chi connectivity index (χ3n) is 8.56. The lowest BCUT2D eigenvalue weighted by molar-refractivity contribution is 0.0882. The number of anilines is 1. The molecule has 2 amide bonds. The van der Waals surface area contributed by atoms with Crippen molar-refractivity contribution >= 4 is 45.5 Å². The predicted molar refractivity (Wildman–Crippen MR) is 170 cm³/mol. The minimum atomic E-state index is -1.41. The number of Topliss-reactive ketones (excluding diaryl/α,β-unsaturated/α-hetero) is 2. The Morgan fingerprint density at radius 1 is 0.761 bits per heavy atom. The van der Waals surface area contributed by atoms with Crippen LogP contribution in [0.3, 0.4) is 0 Å². The molecule has 3 aliphatic rings. The molecule has 0 saturated heterocycles. The molecule has 0 radical (unpaired) electrons. The van der Waals surface area contributed by atoms with E-state index in [0.717, 1.165) is 21.6 Å². The van der Waals surface area contributed by atoms with Crippen LogP contribution in [0, 0.1) is 0 Å². The van der Waals surface area contributed by atoms with Gasteiger partial charge in [-0.3, -0.25) is 24.0 Å². The lowest BCUT2D eigenvalue weighted by Crippen LogP contribution is -2.30. The van der Waals surface area contributed by atoms with Gasteiger partial charge >= 0.3 is 0 Å². The monoisotopic (exact) mass is 605 g/mol. The molecular weight excluding hydrogens is 582 g/mol. The van der Waals surface area contributed by atoms with E-state index in [1.165, 1.54) is 12.1 Å². The van der Waals surface area contributed by atoms with Crippen LogP contribution in [-0.4, -0.2) is 33.3 Å². The fourth-order valence-electron chi connectivity index (χ4n) is 6.28. The largest absolute Gasteiger partial charge is 0.489 e. The molecule has 9 heteroatoms. The van der Waals surface area contributed by atoms with E-state index in [4.69, 9.17) is 4.74 Å². The number of aromatic nitrogens is 2. The van der Waals surface area contributed by atoms with Crippen LogP contribution in [0.2, 0.25) is 0 Å². The molecular formula is C37H23N3O6. The van der Waals surface area contributed by atoms with Crippen molar-refractivity contribution in [3.05, 3.63) is 153 Å². The summed E-state index contributed by atoms with van der Waals surface area (Å²) in [5.74, 6) is -3.40. The zero-order chi connectivity index (χ0) is 31.5. The Morgan fingerprint density at radius 3 is 2.15 bits per heavy atom. The van der Waals surface area contributed by atoms with Crippen molar-refractivity contribution in [3.8, 4) is 5.75 Å². The van der Waals surface area contributed by atoms with E-state index in [2.05, 4.69) is 9.97 Å². The van der Waals surface area contributed by atoms with Crippen LogP contribution in [0.1, 0.15) is 70.7 Å². The number of ether oxygens (including phenoxy) is 1. The number of amides is 2. The van der Waals surface area contributed by atoms with Crippen LogP contribution in [0.25, 0.3) is 16.5 Å². The van der Waals surface area contributed by atoms with Crippen molar-refractivity contribution in [1.82, 2.24) is 9.97 Å². The van der Waals surface area contributed by atoms with E-state index in [0.29, 0.717) is 24.5 Å². The maximum atomic E-state index is 13.7. The van der Waals surface area contributed by atoms with E-state index >= 15 is 0 Å². The molecule has 0 unspecified atom stereocenters. The highest BCUT2D eigenvalue weighted by atomic mass is 16.5. The minimum absolute atomic E-state index is 0.0140. The number of hydrogen-bond acceptors (Lipinski definition) is 7. The molecule has 2 heterocycles. The SMILES string of the molecule is O=C1c2cc3c(cc2C(=O)C1c1nc2ccc(OCc4ccccc4)cc2c(=O)[nH]1)C(=O)N(c1ccccc1C1=CC=CC1)C3=O. The highest BCUT2D eigenvalue weighted by Gasteiger charge is 2.46. The zero-order valence-electron chi connectivity index (χ0n) is 24.2. The Labute approximate surface area is 261 Å². The van der Waals surface area contributed by atoms with Crippen LogP contribution in [0.4, 0.5) is 5.69 Å². The van der Waals surface area contributed by atoms with Gasteiger partial charge in [-0.05, 0) is 54.0 Å². The molecule has 1 aliphatic heterocycles. The Balaban J connectivity index is 1.10. The van der Waals surface area contributed by atoms with Crippen molar-refractivity contribution in [2.24, 2.45) is 0 Å². The molecule has 0 spiro atoms. The average molecular weight is 606 g/mol. The van der Waals surface area contributed by atoms with Crippen LogP contribution < -0.4 is 15.2 Å². The normalized spacial score (nSPS) is 15.6. The smallest absolute Gasteiger partial charge is 0.266 e. The molecule has 0 saturated carbocycles. The number of nitrogens with zero attached hydrogens (tertiary/aromatic N) is 2. The van der Waals surface area contributed by atoms with Gasteiger partial charge in [-0.2, -0.15) is 0 Å². The van der Waals surface area contributed by atoms with E-state index in [1.54, 1.807) is 30.3 Å². The topological polar surface area (TPSA) is 126 Å². The number of para-hydroxylation sites is 1. The third kappa shape index (κ3) is 4.24. The van der Waals surface area contributed by atoms with E-state index < -0.39 is 34.9 Å². The first-order chi connectivity index (χ1) is 22.4. The number of H-pyrrole nitrogens is 1. The summed E-state index contributed by atoms with van der Waals surface area (Å²) in [7, 11) is 0. The van der Waals surface area contributed by atoms with Crippen LogP contribution >= 0.6 is 0 Å². The van der Waals surface area contributed by atoms with Crippen molar-refractivity contribution in [2.45, 2.75) is 18.9 Å². The molecule has 1 aromatic heterocycles. The summed E-state index contributed by atoms with van der Waals surface area (Å²) in [4.78, 5) is 76.0. The van der Waals surface area contributed by atoms with Crippen molar-refractivity contribution in [1.29, 1.82) is 0 Å². The minimum Gasteiger partial charge on any atom is -0.489 e. The lowest BCUT2D eigenvalue weighted by Gasteiger charge is -2.18. The van der Waals surface area contributed by atoms with Gasteiger partial charge in [0.1, 0.15) is 24.1 Å². The summed E-state index contributed by atoms with van der Waals surface area (Å²) in [6.07, 6.45) is 6.52. The van der Waals surface area contributed by atoms with Gasteiger partial charge in [0.25, 0.3) is 17.4 Å². The number of hydrogen-bond donors (Lipinski definition) is 1. The second kappa shape index (κ2) is 10.4. The number of aromatic amines is 1. The predicted octanol–water partition coefficient (Wildman–Crippen LogP) is 5.81. The zero-order valence-corrected chi connectivity index (χ0v) is 24.2. The maximum Gasteiger partial charge on any atom is 0.266 e. The molecule has 222 valence electrons. The quantitative estimate of drug-likeness (QED) is 0.191. The maximum absolute atomic E-state index is 13.7. The summed E-state index contributed by atoms with van der Waals surface area (Å²) >= 11 is 0. The van der Waals surface area contributed by atoms with E-state index in [9.17, 15) is 24.0 Å². The number of imide groups is 1. The molecule has 4 aromatic carbocycles. The Hall–Kier alpha value is -6.22. The number of allylic oxidation sites excluding steroid dienone is 4. The number of ketones is 2. The van der Waals surface area contributed by atoms with Gasteiger partial charge in [-0.25, -0.2) is 9.88 Å². The summed E-state index contributed by atoms with van der Waals surface area (Å²) in [5.41, 5.74) is 3.00. The van der Waals surface area contributed by atoms with Crippen LogP contribution in [-0.2, 0) is 6.61 Å². The number of fused-ring (bicyclic) bond motifs is 3. The summed E-state index contributed by atoms with van der Waals surface area (Å²) in [6.45, 7) is 0.313. The first-order valence-electron chi connectivity index (χ1n) is 14.7. The van der Waals surface area contributed by atoms with Gasteiger partial charge < -0.3 is 9.72 Å². The molecule has 5 aromatic rings. The van der Waals surface area contributed by atoms with Gasteiger partial charge in [0.15, 0.2) is 11.6 Å². The standard InChI is InChI=1S/C37H23N3O6/c41-32-24-17-26-27(37(45)40(36(26)44)30-13-7-6-12-23(30)21-10-4-5-11-21)18-25(24)33(42)31(32)34-38-29-15-14-22(16-28(29)35(43)39-34)46-19-20-8-2-1-3-9-20/h1-10,12-18,31H,11,19H2,(H,38,39,43). The highest BCUT2D eigenvalue weighted by molar-refractivity contribution is 6.37. The molecule has 1 N–H and O–H groups in total. The second-order valence-electron chi connectivity index (χ2n) is 11.3. The number of benzene rings is 4. The van der Waals surface area contributed by atoms with Gasteiger partial charge in [0, 0.05) is 16.7 Å². The second-order valence-corrected chi connectivity index (χ2v) is 11.3. The van der Waals surface area contributed by atoms with E-state index in [1.807, 2.05) is 60.7 Å². The molecule has 0 bridgehead atoms. The average Bonchev–Trinajstić information content (AvgIpc) is 3.76. The van der Waals surface area contributed by atoms with Crippen molar-refractivity contribution in [3.63, 3.8) is 0 Å². The molecule has 46 heavy (non-hydrogen) atoms. The first kappa shape index (κ1) is 27.3. The van der Waals surface area contributed by atoms with Gasteiger partial charge in [0.2, 0.25) is 0 Å². The fraction of sp³-hybridized carbons (Fsp3) is 0.0811. The van der Waals surface area contributed by atoms with Gasteiger partial charge in [-0.1, -0.05) is 66.8 Å². The Bertz CT molecular complexity index is 2250. The van der Waals surface area contributed by atoms with Gasteiger partial charge in [0.05, 0.1) is 27.7 Å². The number of carbonyl (C=O) groups is 4. The van der Waals surface area contributed by atoms with Crippen LogP contribution in [0.5, 0.6) is 5.75 Å². The lowest BCUT2D eigenvalue weighted by atomic mass is 10.0. The van der Waals surface area contributed by atoms with Crippen molar-refractivity contribution in [2.75, 3.05) is 4.90 Å². The Kier molecular flexibility index (Phi) is 6.21. The summed E-state index contributed by atoms with van der Waals surface area (Å²) in [6, 6.07) is 24.2. The van der Waals surface area contributed by atoms with E-state index in [-0.39, 0.29) is 39.0 Å². The van der Waals surface area contributed by atoms with Crippen LogP contribution in [0.15, 0.2) is 108 Å². The third-order valence-corrected chi connectivity index (χ3v) is 8.56. The number of rotatable bonds is 6. The van der Waals surface area contributed by atoms with Crippen molar-refractivity contribution < 1.29 is 23.9 Å². The molecule has 0 fully saturated rings.